The maximum absolute atomic E-state index is 12.0. The highest BCUT2D eigenvalue weighted by Gasteiger charge is 2.42. The summed E-state index contributed by atoms with van der Waals surface area (Å²) in [5.41, 5.74) is 3.60. The Morgan fingerprint density at radius 2 is 1.95 bits per heavy atom. The van der Waals surface area contributed by atoms with Gasteiger partial charge < -0.3 is 5.32 Å². The first-order chi connectivity index (χ1) is 8.93. The van der Waals surface area contributed by atoms with Gasteiger partial charge in [-0.15, -0.1) is 11.6 Å². The average molecular weight is 294 g/mol. The number of alkyl halides is 1. The first kappa shape index (κ1) is 12.8. The molecular weight excluding hydrogens is 281 g/mol. The monoisotopic (exact) mass is 293 g/mol. The number of nitrogens with one attached hydrogen (secondary N) is 1. The molecule has 1 N–H and O–H groups in total. The van der Waals surface area contributed by atoms with E-state index in [2.05, 4.69) is 25.2 Å². The number of hydrogen-bond donors (Lipinski definition) is 1. The molecule has 98 valence electrons. The Morgan fingerprint density at radius 3 is 2.68 bits per heavy atom. The second kappa shape index (κ2) is 4.12. The fourth-order valence-electron chi connectivity index (χ4n) is 2.85. The maximum Gasteiger partial charge on any atom is 0.196 e. The lowest BCUT2D eigenvalue weighted by Gasteiger charge is -2.40. The lowest BCUT2D eigenvalue weighted by Crippen LogP contribution is -2.38. The number of halogens is 2. The minimum atomic E-state index is -0.705. The number of hydrogen-bond acceptors (Lipinski definition) is 2. The summed E-state index contributed by atoms with van der Waals surface area (Å²) in [7, 11) is 0. The zero-order valence-corrected chi connectivity index (χ0v) is 12.1. The summed E-state index contributed by atoms with van der Waals surface area (Å²) >= 11 is 12.3. The average Bonchev–Trinajstić information content (AvgIpc) is 2.35. The molecule has 2 aliphatic rings. The fraction of sp³-hybridized carbons (Fsp3) is 0.267. The van der Waals surface area contributed by atoms with Gasteiger partial charge in [-0.05, 0) is 23.3 Å². The molecule has 0 radical (unpaired) electrons. The number of allylic oxidation sites excluding steroid dienone is 3. The molecule has 4 heteroatoms. The molecule has 0 amide bonds. The van der Waals surface area contributed by atoms with Crippen LogP contribution in [0.3, 0.4) is 0 Å². The molecule has 1 aromatic rings. The standard InChI is InChI=1S/C15H13Cl2NO/c1-15(2)8-5-3-4-6-10(8)18-11-7-9(16)14(19)13(17)12(11)15/h3-7,13,18H,1-2H3. The highest BCUT2D eigenvalue weighted by atomic mass is 35.5. The minimum absolute atomic E-state index is 0.182. The predicted molar refractivity (Wildman–Crippen MR) is 78.7 cm³/mol. The number of benzene rings is 1. The molecule has 1 heterocycles. The van der Waals surface area contributed by atoms with Crippen LogP contribution in [0.5, 0.6) is 0 Å². The van der Waals surface area contributed by atoms with Crippen LogP contribution in [0.1, 0.15) is 19.4 Å². The molecular formula is C15H13Cl2NO. The number of anilines is 1. The molecule has 1 aromatic carbocycles. The van der Waals surface area contributed by atoms with E-state index in [0.29, 0.717) is 0 Å². The SMILES string of the molecule is CC1(C)C2=C(C=C(Cl)C(=O)C2Cl)Nc2ccccc21. The van der Waals surface area contributed by atoms with Gasteiger partial charge in [-0.25, -0.2) is 0 Å². The number of fused-ring (bicyclic) bond motifs is 1. The molecule has 0 aromatic heterocycles. The van der Waals surface area contributed by atoms with E-state index in [1.165, 1.54) is 0 Å². The second-order valence-electron chi connectivity index (χ2n) is 5.34. The van der Waals surface area contributed by atoms with E-state index < -0.39 is 5.38 Å². The van der Waals surface area contributed by atoms with Gasteiger partial charge in [0.1, 0.15) is 5.38 Å². The molecule has 0 saturated heterocycles. The first-order valence-corrected chi connectivity index (χ1v) is 6.91. The summed E-state index contributed by atoms with van der Waals surface area (Å²) in [4.78, 5) is 12.0. The third kappa shape index (κ3) is 1.74. The molecule has 0 saturated carbocycles. The Hall–Kier alpha value is -1.25. The molecule has 1 aliphatic heterocycles. The van der Waals surface area contributed by atoms with Crippen molar-refractivity contribution in [3.8, 4) is 0 Å². The van der Waals surface area contributed by atoms with Crippen molar-refractivity contribution in [2.75, 3.05) is 5.32 Å². The first-order valence-electron chi connectivity index (χ1n) is 6.09. The lowest BCUT2D eigenvalue weighted by atomic mass is 9.71. The van der Waals surface area contributed by atoms with Gasteiger partial charge in [-0.2, -0.15) is 0 Å². The van der Waals surface area contributed by atoms with Crippen molar-refractivity contribution in [1.29, 1.82) is 0 Å². The van der Waals surface area contributed by atoms with Crippen molar-refractivity contribution < 1.29 is 4.79 Å². The summed E-state index contributed by atoms with van der Waals surface area (Å²) in [6, 6.07) is 8.04. The van der Waals surface area contributed by atoms with E-state index in [1.807, 2.05) is 18.2 Å². The van der Waals surface area contributed by atoms with Crippen LogP contribution in [0.4, 0.5) is 5.69 Å². The van der Waals surface area contributed by atoms with Gasteiger partial charge in [0.15, 0.2) is 5.78 Å². The van der Waals surface area contributed by atoms with Crippen molar-refractivity contribution in [2.45, 2.75) is 24.6 Å². The zero-order chi connectivity index (χ0) is 13.8. The van der Waals surface area contributed by atoms with Crippen LogP contribution in [0.2, 0.25) is 0 Å². The Bertz CT molecular complexity index is 643. The number of Topliss-reactive ketones (excluding diaryl/α,β-unsaturated/α-hetero) is 1. The van der Waals surface area contributed by atoms with Crippen LogP contribution < -0.4 is 5.32 Å². The summed E-state index contributed by atoms with van der Waals surface area (Å²) < 4.78 is 0. The predicted octanol–water partition coefficient (Wildman–Crippen LogP) is 3.96. The van der Waals surface area contributed by atoms with Crippen LogP contribution in [0, 0.1) is 0 Å². The van der Waals surface area contributed by atoms with E-state index >= 15 is 0 Å². The fourth-order valence-corrected chi connectivity index (χ4v) is 3.63. The molecule has 3 rings (SSSR count). The van der Waals surface area contributed by atoms with Gasteiger partial charge in [0, 0.05) is 16.8 Å². The summed E-state index contributed by atoms with van der Waals surface area (Å²) in [5.74, 6) is -0.226. The zero-order valence-electron chi connectivity index (χ0n) is 10.6. The Balaban J connectivity index is 2.24. The molecule has 1 aliphatic carbocycles. The van der Waals surface area contributed by atoms with Gasteiger partial charge in [0.05, 0.1) is 5.03 Å². The highest BCUT2D eigenvalue weighted by molar-refractivity contribution is 6.50. The minimum Gasteiger partial charge on any atom is -0.355 e. The normalized spacial score (nSPS) is 24.3. The van der Waals surface area contributed by atoms with E-state index in [9.17, 15) is 4.79 Å². The summed E-state index contributed by atoms with van der Waals surface area (Å²) in [6.07, 6.45) is 1.68. The van der Waals surface area contributed by atoms with E-state index in [1.54, 1.807) is 6.08 Å². The van der Waals surface area contributed by atoms with E-state index in [0.717, 1.165) is 22.5 Å². The third-order valence-corrected chi connectivity index (χ3v) is 4.54. The van der Waals surface area contributed by atoms with Crippen LogP contribution in [0.25, 0.3) is 0 Å². The summed E-state index contributed by atoms with van der Waals surface area (Å²) in [6.45, 7) is 4.16. The third-order valence-electron chi connectivity index (χ3n) is 3.82. The van der Waals surface area contributed by atoms with Gasteiger partial charge in [-0.3, -0.25) is 4.79 Å². The van der Waals surface area contributed by atoms with Crippen molar-refractivity contribution in [1.82, 2.24) is 0 Å². The molecule has 1 unspecified atom stereocenters. The molecule has 2 nitrogen and oxygen atoms in total. The molecule has 0 bridgehead atoms. The van der Waals surface area contributed by atoms with Gasteiger partial charge in [0.25, 0.3) is 0 Å². The number of carbonyl (C=O) groups excluding carboxylic acids is 1. The number of carbonyl (C=O) groups is 1. The Morgan fingerprint density at radius 1 is 1.26 bits per heavy atom. The van der Waals surface area contributed by atoms with Crippen LogP contribution >= 0.6 is 23.2 Å². The smallest absolute Gasteiger partial charge is 0.196 e. The van der Waals surface area contributed by atoms with Crippen molar-refractivity contribution in [2.24, 2.45) is 0 Å². The topological polar surface area (TPSA) is 29.1 Å². The van der Waals surface area contributed by atoms with Gasteiger partial charge in [-0.1, -0.05) is 43.6 Å². The number of ketones is 1. The summed E-state index contributed by atoms with van der Waals surface area (Å²) in [5, 5.41) is 2.79. The van der Waals surface area contributed by atoms with Crippen LogP contribution in [0.15, 0.2) is 46.6 Å². The van der Waals surface area contributed by atoms with Crippen molar-refractivity contribution in [3.05, 3.63) is 52.2 Å². The largest absolute Gasteiger partial charge is 0.355 e. The number of rotatable bonds is 0. The highest BCUT2D eigenvalue weighted by Crippen LogP contribution is 2.47. The Kier molecular flexibility index (Phi) is 2.77. The van der Waals surface area contributed by atoms with Crippen LogP contribution in [-0.4, -0.2) is 11.2 Å². The van der Waals surface area contributed by atoms with Gasteiger partial charge in [0.2, 0.25) is 0 Å². The van der Waals surface area contributed by atoms with Crippen molar-refractivity contribution >= 4 is 34.7 Å². The van der Waals surface area contributed by atoms with E-state index in [4.69, 9.17) is 23.2 Å². The molecule has 1 atom stereocenters. The lowest BCUT2D eigenvalue weighted by molar-refractivity contribution is -0.114. The molecule has 0 fully saturated rings. The molecule has 19 heavy (non-hydrogen) atoms. The second-order valence-corrected chi connectivity index (χ2v) is 6.19. The molecule has 0 spiro atoms. The van der Waals surface area contributed by atoms with Crippen molar-refractivity contribution in [3.63, 3.8) is 0 Å². The van der Waals surface area contributed by atoms with Gasteiger partial charge >= 0.3 is 0 Å². The quantitative estimate of drug-likeness (QED) is 0.734. The maximum atomic E-state index is 12.0. The number of para-hydroxylation sites is 1. The van der Waals surface area contributed by atoms with Crippen LogP contribution in [-0.2, 0) is 10.2 Å². The van der Waals surface area contributed by atoms with E-state index in [-0.39, 0.29) is 16.2 Å². The Labute approximate surface area is 122 Å².